The molecule has 2 aromatic heterocycles. The maximum Gasteiger partial charge on any atom is 0.410 e. The number of hydrogen-bond donors (Lipinski definition) is 0. The molecular formula is C27H42FN3O4Si. The average molecular weight is 520 g/mol. The van der Waals surface area contributed by atoms with Crippen molar-refractivity contribution in [3.05, 3.63) is 29.7 Å². The summed E-state index contributed by atoms with van der Waals surface area (Å²) in [6.45, 7) is 17.2. The highest BCUT2D eigenvalue weighted by molar-refractivity contribution is 6.74. The molecule has 1 fully saturated rings. The number of likely N-dealkylation sites (tertiary alicyclic amines) is 1. The van der Waals surface area contributed by atoms with Gasteiger partial charge in [0.1, 0.15) is 11.4 Å². The van der Waals surface area contributed by atoms with Crippen LogP contribution in [-0.2, 0) is 15.6 Å². The molecule has 36 heavy (non-hydrogen) atoms. The van der Waals surface area contributed by atoms with Gasteiger partial charge in [0, 0.05) is 24.2 Å². The third-order valence-corrected chi connectivity index (χ3v) is 11.8. The lowest BCUT2D eigenvalue weighted by molar-refractivity contribution is -0.0116. The second-order valence-corrected chi connectivity index (χ2v) is 17.0. The first-order valence-corrected chi connectivity index (χ1v) is 15.7. The highest BCUT2D eigenvalue weighted by Crippen LogP contribution is 2.39. The minimum Gasteiger partial charge on any atom is -0.481 e. The van der Waals surface area contributed by atoms with E-state index < -0.39 is 19.7 Å². The largest absolute Gasteiger partial charge is 0.481 e. The van der Waals surface area contributed by atoms with Gasteiger partial charge in [0.25, 0.3) is 0 Å². The topological polar surface area (TPSA) is 73.8 Å². The highest BCUT2D eigenvalue weighted by atomic mass is 28.4. The van der Waals surface area contributed by atoms with Crippen LogP contribution in [0.15, 0.2) is 18.3 Å². The second-order valence-electron chi connectivity index (χ2n) is 12.2. The first-order chi connectivity index (χ1) is 16.6. The number of aromatic nitrogens is 2. The van der Waals surface area contributed by atoms with Crippen molar-refractivity contribution in [3.8, 4) is 5.88 Å². The quantitative estimate of drug-likeness (QED) is 0.406. The minimum absolute atomic E-state index is 0.0425. The second kappa shape index (κ2) is 10.6. The average Bonchev–Trinajstić information content (AvgIpc) is 2.76. The normalized spacial score (nSPS) is 19.4. The van der Waals surface area contributed by atoms with Crippen LogP contribution in [0.4, 0.5) is 9.18 Å². The number of halogens is 1. The third kappa shape index (κ3) is 6.73. The van der Waals surface area contributed by atoms with E-state index >= 15 is 0 Å². The van der Waals surface area contributed by atoms with Crippen LogP contribution in [0.5, 0.6) is 5.88 Å². The number of methoxy groups -OCH3 is 1. The Bertz CT molecular complexity index is 1080. The van der Waals surface area contributed by atoms with Gasteiger partial charge in [-0.25, -0.2) is 14.2 Å². The van der Waals surface area contributed by atoms with Gasteiger partial charge in [-0.05, 0) is 70.7 Å². The van der Waals surface area contributed by atoms with Gasteiger partial charge in [-0.2, -0.15) is 0 Å². The van der Waals surface area contributed by atoms with E-state index in [4.69, 9.17) is 13.9 Å². The molecule has 0 bridgehead atoms. The molecular weight excluding hydrogens is 477 g/mol. The van der Waals surface area contributed by atoms with Gasteiger partial charge in [-0.1, -0.05) is 20.8 Å². The van der Waals surface area contributed by atoms with Crippen molar-refractivity contribution < 1.29 is 23.1 Å². The molecule has 1 aliphatic heterocycles. The Kier molecular flexibility index (Phi) is 8.35. The van der Waals surface area contributed by atoms with Crippen molar-refractivity contribution in [3.63, 3.8) is 0 Å². The Morgan fingerprint density at radius 2 is 1.86 bits per heavy atom. The van der Waals surface area contributed by atoms with E-state index in [1.54, 1.807) is 17.0 Å². The van der Waals surface area contributed by atoms with E-state index in [9.17, 15) is 9.18 Å². The molecule has 0 aromatic carbocycles. The number of hydrogen-bond acceptors (Lipinski definition) is 6. The van der Waals surface area contributed by atoms with Crippen LogP contribution >= 0.6 is 0 Å². The number of rotatable bonds is 6. The summed E-state index contributed by atoms with van der Waals surface area (Å²) in [4.78, 5) is 23.7. The molecule has 7 nitrogen and oxygen atoms in total. The molecule has 0 saturated carbocycles. The molecule has 0 N–H and O–H groups in total. The Hall–Kier alpha value is -2.26. The smallest absolute Gasteiger partial charge is 0.410 e. The predicted molar refractivity (Wildman–Crippen MR) is 142 cm³/mol. The number of amides is 1. The van der Waals surface area contributed by atoms with E-state index in [0.29, 0.717) is 41.9 Å². The number of carbonyl (C=O) groups excluding carboxylic acids is 1. The van der Waals surface area contributed by atoms with Crippen LogP contribution in [0.2, 0.25) is 18.1 Å². The van der Waals surface area contributed by atoms with Crippen molar-refractivity contribution in [2.75, 3.05) is 13.7 Å². The number of aryl methyl sites for hydroxylation is 1. The monoisotopic (exact) mass is 519 g/mol. The molecule has 1 aliphatic rings. The molecule has 2 aromatic rings. The van der Waals surface area contributed by atoms with Gasteiger partial charge in [0.05, 0.1) is 30.4 Å². The summed E-state index contributed by atoms with van der Waals surface area (Å²) in [5, 5.41) is 0.0780. The molecule has 0 aliphatic carbocycles. The van der Waals surface area contributed by atoms with Gasteiger partial charge in [0.2, 0.25) is 5.88 Å². The number of carbonyl (C=O) groups is 1. The highest BCUT2D eigenvalue weighted by Gasteiger charge is 2.42. The van der Waals surface area contributed by atoms with Crippen molar-refractivity contribution in [2.45, 2.75) is 103 Å². The predicted octanol–water partition coefficient (Wildman–Crippen LogP) is 6.50. The molecule has 0 unspecified atom stereocenters. The fourth-order valence-corrected chi connectivity index (χ4v) is 5.65. The van der Waals surface area contributed by atoms with E-state index in [-0.39, 0.29) is 23.3 Å². The third-order valence-electron chi connectivity index (χ3n) is 7.23. The Morgan fingerprint density at radius 3 is 2.47 bits per heavy atom. The number of fused-ring (bicyclic) bond motifs is 1. The maximum atomic E-state index is 14.9. The molecule has 200 valence electrons. The SMILES string of the molecule is COc1ccc2ncc(F)c(CC[C@H]3CC[C@H](O[Si](C)(C)C(C)(C)C)CN3C(=O)OC(C)(C)C)c2n1. The summed E-state index contributed by atoms with van der Waals surface area (Å²) < 4.78 is 32.5. The van der Waals surface area contributed by atoms with Gasteiger partial charge in [0.15, 0.2) is 8.32 Å². The molecule has 0 radical (unpaired) electrons. The number of nitrogens with zero attached hydrogens (tertiary/aromatic N) is 3. The first-order valence-electron chi connectivity index (χ1n) is 12.8. The van der Waals surface area contributed by atoms with Crippen molar-refractivity contribution in [1.29, 1.82) is 0 Å². The summed E-state index contributed by atoms with van der Waals surface area (Å²) in [7, 11) is -0.468. The maximum absolute atomic E-state index is 14.9. The minimum atomic E-state index is -2.00. The molecule has 3 rings (SSSR count). The number of pyridine rings is 2. The van der Waals surface area contributed by atoms with Gasteiger partial charge in [-0.15, -0.1) is 0 Å². The molecule has 2 atom stereocenters. The lowest BCUT2D eigenvalue weighted by Gasteiger charge is -2.45. The van der Waals surface area contributed by atoms with E-state index in [1.807, 2.05) is 20.8 Å². The molecule has 9 heteroatoms. The zero-order valence-electron chi connectivity index (χ0n) is 23.3. The number of ether oxygens (including phenoxy) is 2. The van der Waals surface area contributed by atoms with Crippen LogP contribution in [0.25, 0.3) is 11.0 Å². The fraction of sp³-hybridized carbons (Fsp3) is 0.667. The van der Waals surface area contributed by atoms with Crippen LogP contribution < -0.4 is 4.74 Å². The first kappa shape index (κ1) is 28.3. The molecule has 1 saturated heterocycles. The van der Waals surface area contributed by atoms with Gasteiger partial charge < -0.3 is 18.8 Å². The van der Waals surface area contributed by atoms with E-state index in [1.165, 1.54) is 13.3 Å². The summed E-state index contributed by atoms with van der Waals surface area (Å²) in [6.07, 6.45) is 3.46. The van der Waals surface area contributed by atoms with E-state index in [0.717, 1.165) is 12.8 Å². The van der Waals surface area contributed by atoms with E-state index in [2.05, 4.69) is 43.8 Å². The zero-order valence-corrected chi connectivity index (χ0v) is 24.3. The van der Waals surface area contributed by atoms with Crippen molar-refractivity contribution in [1.82, 2.24) is 14.9 Å². The zero-order chi connectivity index (χ0) is 26.9. The summed E-state index contributed by atoms with van der Waals surface area (Å²) in [5.74, 6) is 0.0110. The molecule has 1 amide bonds. The Labute approximate surface area is 215 Å². The van der Waals surface area contributed by atoms with Crippen LogP contribution in [0, 0.1) is 5.82 Å². The summed E-state index contributed by atoms with van der Waals surface area (Å²) >= 11 is 0. The molecule has 3 heterocycles. The summed E-state index contributed by atoms with van der Waals surface area (Å²) in [6, 6.07) is 3.40. The summed E-state index contributed by atoms with van der Waals surface area (Å²) in [5.41, 5.74) is 0.987. The Morgan fingerprint density at radius 1 is 1.17 bits per heavy atom. The van der Waals surface area contributed by atoms with Crippen LogP contribution in [0.3, 0.4) is 0 Å². The Balaban J connectivity index is 1.83. The lowest BCUT2D eigenvalue weighted by Crippen LogP contribution is -2.54. The lowest BCUT2D eigenvalue weighted by atomic mass is 9.94. The van der Waals surface area contributed by atoms with Gasteiger partial charge in [-0.3, -0.25) is 4.98 Å². The van der Waals surface area contributed by atoms with Crippen LogP contribution in [0.1, 0.15) is 66.4 Å². The van der Waals surface area contributed by atoms with Crippen molar-refractivity contribution in [2.24, 2.45) is 0 Å². The van der Waals surface area contributed by atoms with Crippen LogP contribution in [-0.4, -0.2) is 60.7 Å². The molecule has 0 spiro atoms. The van der Waals surface area contributed by atoms with Crippen molar-refractivity contribution >= 4 is 25.4 Å². The van der Waals surface area contributed by atoms with Gasteiger partial charge >= 0.3 is 6.09 Å². The fourth-order valence-electron chi connectivity index (χ4n) is 4.27. The number of piperidine rings is 1. The standard InChI is InChI=1S/C27H42FN3O4Si/c1-26(2,3)34-25(32)31-17-19(35-36(8,9)27(4,5)6)12-10-18(31)11-13-20-21(28)16-29-22-14-15-23(33-7)30-24(20)22/h14-16,18-19H,10-13,17H2,1-9H3/t18-,19+/m1/s1.